The average molecular weight is 432 g/mol. The number of nitrogens with zero attached hydrogens (tertiary/aromatic N) is 5. The number of aliphatic hydroxyl groups excluding tert-OH is 1. The van der Waals surface area contributed by atoms with E-state index >= 15 is 0 Å². The molecule has 3 aromatic heterocycles. The molecule has 2 saturated carbocycles. The lowest BCUT2D eigenvalue weighted by Crippen LogP contribution is -2.21. The Labute approximate surface area is 184 Å². The standard InChI is InChI=1S/C23H24N6O3/c30-16-5-3-15(4-6-16)28-13-14-10-18(20(11-19(14)27-28)32-17-7-8-17)23(31)26-22-12-24-21-2-1-9-25-29(21)22/h1-2,9-13,15-17,30H,3-8H2,(H,26,31)/t15-,16-. The third-order valence-corrected chi connectivity index (χ3v) is 6.25. The summed E-state index contributed by atoms with van der Waals surface area (Å²) in [6.45, 7) is 0. The van der Waals surface area contributed by atoms with Crippen molar-refractivity contribution in [2.24, 2.45) is 0 Å². The minimum absolute atomic E-state index is 0.151. The maximum atomic E-state index is 13.3. The number of carbonyl (C=O) groups is 1. The predicted octanol–water partition coefficient (Wildman–Crippen LogP) is 3.35. The van der Waals surface area contributed by atoms with Gasteiger partial charge in [-0.15, -0.1) is 0 Å². The first-order chi connectivity index (χ1) is 15.6. The van der Waals surface area contributed by atoms with Gasteiger partial charge in [0.05, 0.1) is 35.5 Å². The molecular formula is C23H24N6O3. The zero-order chi connectivity index (χ0) is 21.7. The lowest BCUT2D eigenvalue weighted by molar-refractivity contribution is 0.102. The molecule has 2 aliphatic carbocycles. The van der Waals surface area contributed by atoms with E-state index in [9.17, 15) is 9.90 Å². The largest absolute Gasteiger partial charge is 0.490 e. The smallest absolute Gasteiger partial charge is 0.260 e. The highest BCUT2D eigenvalue weighted by Gasteiger charge is 2.27. The molecule has 32 heavy (non-hydrogen) atoms. The van der Waals surface area contributed by atoms with Gasteiger partial charge in [0.15, 0.2) is 11.5 Å². The SMILES string of the molecule is O=C(Nc1cnc2cccnn12)c1cc2cn([C@H]3CC[C@H](O)CC3)nc2cc1OC1CC1. The van der Waals surface area contributed by atoms with Gasteiger partial charge in [0.2, 0.25) is 0 Å². The number of aliphatic hydroxyl groups is 1. The van der Waals surface area contributed by atoms with Gasteiger partial charge in [-0.25, -0.2) is 4.98 Å². The molecule has 1 aromatic carbocycles. The van der Waals surface area contributed by atoms with Crippen molar-refractivity contribution >= 4 is 28.3 Å². The zero-order valence-electron chi connectivity index (χ0n) is 17.5. The number of rotatable bonds is 5. The highest BCUT2D eigenvalue weighted by molar-refractivity contribution is 6.08. The maximum absolute atomic E-state index is 13.3. The monoisotopic (exact) mass is 432 g/mol. The fourth-order valence-electron chi connectivity index (χ4n) is 4.32. The molecule has 0 radical (unpaired) electrons. The van der Waals surface area contributed by atoms with Crippen LogP contribution in [0, 0.1) is 0 Å². The van der Waals surface area contributed by atoms with Crippen molar-refractivity contribution in [3.63, 3.8) is 0 Å². The first kappa shape index (κ1) is 19.2. The Morgan fingerprint density at radius 2 is 2.00 bits per heavy atom. The number of nitrogens with one attached hydrogen (secondary N) is 1. The average Bonchev–Trinajstić information content (AvgIpc) is 3.38. The number of benzene rings is 1. The molecule has 2 aliphatic rings. The highest BCUT2D eigenvalue weighted by Crippen LogP contribution is 2.34. The van der Waals surface area contributed by atoms with E-state index in [1.165, 1.54) is 0 Å². The molecule has 3 heterocycles. The molecule has 9 nitrogen and oxygen atoms in total. The van der Waals surface area contributed by atoms with Crippen LogP contribution in [0.3, 0.4) is 0 Å². The van der Waals surface area contributed by atoms with Crippen molar-refractivity contribution < 1.29 is 14.6 Å². The first-order valence-electron chi connectivity index (χ1n) is 11.1. The topological polar surface area (TPSA) is 107 Å². The van der Waals surface area contributed by atoms with Gasteiger partial charge in [-0.05, 0) is 56.7 Å². The first-order valence-corrected chi connectivity index (χ1v) is 11.1. The summed E-state index contributed by atoms with van der Waals surface area (Å²) < 4.78 is 9.65. The van der Waals surface area contributed by atoms with Crippen LogP contribution in [0.25, 0.3) is 16.6 Å². The Balaban J connectivity index is 1.34. The molecule has 0 saturated heterocycles. The molecular weight excluding hydrogens is 408 g/mol. The summed E-state index contributed by atoms with van der Waals surface area (Å²) in [4.78, 5) is 17.5. The number of amides is 1. The van der Waals surface area contributed by atoms with Gasteiger partial charge >= 0.3 is 0 Å². The predicted molar refractivity (Wildman–Crippen MR) is 118 cm³/mol. The third kappa shape index (κ3) is 3.58. The van der Waals surface area contributed by atoms with E-state index in [-0.39, 0.29) is 24.2 Å². The Morgan fingerprint density at radius 3 is 2.81 bits per heavy atom. The lowest BCUT2D eigenvalue weighted by atomic mass is 9.93. The minimum Gasteiger partial charge on any atom is -0.490 e. The fourth-order valence-corrected chi connectivity index (χ4v) is 4.32. The van der Waals surface area contributed by atoms with Crippen LogP contribution >= 0.6 is 0 Å². The number of aromatic nitrogens is 5. The van der Waals surface area contributed by atoms with Crippen molar-refractivity contribution in [2.75, 3.05) is 5.32 Å². The molecule has 9 heteroatoms. The summed E-state index contributed by atoms with van der Waals surface area (Å²) in [5.74, 6) is 0.770. The van der Waals surface area contributed by atoms with E-state index in [2.05, 4.69) is 15.4 Å². The summed E-state index contributed by atoms with van der Waals surface area (Å²) >= 11 is 0. The molecule has 1 amide bonds. The Morgan fingerprint density at radius 1 is 1.16 bits per heavy atom. The number of hydrogen-bond donors (Lipinski definition) is 2. The number of carbonyl (C=O) groups excluding carboxylic acids is 1. The Kier molecular flexibility index (Phi) is 4.57. The summed E-state index contributed by atoms with van der Waals surface area (Å²) in [6, 6.07) is 7.60. The van der Waals surface area contributed by atoms with E-state index in [0.717, 1.165) is 49.4 Å². The van der Waals surface area contributed by atoms with Gasteiger partial charge in [0.1, 0.15) is 5.75 Å². The van der Waals surface area contributed by atoms with Crippen LogP contribution in [0.2, 0.25) is 0 Å². The van der Waals surface area contributed by atoms with Crippen LogP contribution in [0.5, 0.6) is 5.75 Å². The molecule has 2 N–H and O–H groups in total. The Hall–Kier alpha value is -3.46. The second kappa shape index (κ2) is 7.59. The van der Waals surface area contributed by atoms with Crippen molar-refractivity contribution in [1.82, 2.24) is 24.4 Å². The van der Waals surface area contributed by atoms with E-state index in [1.54, 1.807) is 23.0 Å². The van der Waals surface area contributed by atoms with E-state index in [0.29, 0.717) is 22.8 Å². The molecule has 0 aliphatic heterocycles. The van der Waals surface area contributed by atoms with Crippen molar-refractivity contribution in [1.29, 1.82) is 0 Å². The van der Waals surface area contributed by atoms with Crippen molar-refractivity contribution in [3.8, 4) is 5.75 Å². The molecule has 164 valence electrons. The second-order valence-corrected chi connectivity index (χ2v) is 8.69. The number of anilines is 1. The number of imidazole rings is 1. The van der Waals surface area contributed by atoms with E-state index < -0.39 is 0 Å². The van der Waals surface area contributed by atoms with Crippen LogP contribution in [0.1, 0.15) is 54.9 Å². The summed E-state index contributed by atoms with van der Waals surface area (Å²) in [7, 11) is 0. The maximum Gasteiger partial charge on any atom is 0.260 e. The molecule has 0 unspecified atom stereocenters. The molecule has 2 fully saturated rings. The fraction of sp³-hybridized carbons (Fsp3) is 0.391. The molecule has 0 atom stereocenters. The highest BCUT2D eigenvalue weighted by atomic mass is 16.5. The number of ether oxygens (including phenoxy) is 1. The van der Waals surface area contributed by atoms with Gasteiger partial charge in [0, 0.05) is 23.8 Å². The van der Waals surface area contributed by atoms with E-state index in [1.807, 2.05) is 29.1 Å². The van der Waals surface area contributed by atoms with Gasteiger partial charge in [-0.1, -0.05) is 0 Å². The second-order valence-electron chi connectivity index (χ2n) is 8.69. The van der Waals surface area contributed by atoms with Crippen LogP contribution in [0.15, 0.2) is 42.9 Å². The summed E-state index contributed by atoms with van der Waals surface area (Å²) in [6.07, 6.45) is 10.5. The van der Waals surface area contributed by atoms with Crippen LogP contribution in [0.4, 0.5) is 5.82 Å². The molecule has 0 spiro atoms. The van der Waals surface area contributed by atoms with Gasteiger partial charge in [-0.2, -0.15) is 14.7 Å². The van der Waals surface area contributed by atoms with Crippen molar-refractivity contribution in [3.05, 3.63) is 48.4 Å². The van der Waals surface area contributed by atoms with E-state index in [4.69, 9.17) is 9.84 Å². The minimum atomic E-state index is -0.274. The lowest BCUT2D eigenvalue weighted by Gasteiger charge is -2.25. The van der Waals surface area contributed by atoms with Crippen LogP contribution < -0.4 is 10.1 Å². The zero-order valence-corrected chi connectivity index (χ0v) is 17.5. The molecule has 4 aromatic rings. The van der Waals surface area contributed by atoms with Gasteiger partial charge < -0.3 is 15.2 Å². The number of fused-ring (bicyclic) bond motifs is 2. The summed E-state index contributed by atoms with van der Waals surface area (Å²) in [5, 5.41) is 22.6. The van der Waals surface area contributed by atoms with Crippen molar-refractivity contribution in [2.45, 2.75) is 56.8 Å². The van der Waals surface area contributed by atoms with Gasteiger partial charge in [0.25, 0.3) is 5.91 Å². The quantitative estimate of drug-likeness (QED) is 0.501. The third-order valence-electron chi connectivity index (χ3n) is 6.25. The van der Waals surface area contributed by atoms with Crippen LogP contribution in [-0.4, -0.2) is 47.6 Å². The molecule has 6 rings (SSSR count). The van der Waals surface area contributed by atoms with Gasteiger partial charge in [-0.3, -0.25) is 9.48 Å². The van der Waals surface area contributed by atoms with Crippen LogP contribution in [-0.2, 0) is 0 Å². The normalized spacial score (nSPS) is 21.2. The molecule has 0 bridgehead atoms. The Bertz CT molecular complexity index is 1300. The number of hydrogen-bond acceptors (Lipinski definition) is 6. The summed E-state index contributed by atoms with van der Waals surface area (Å²) in [5.41, 5.74) is 1.93.